The molecule has 41 heavy (non-hydrogen) atoms. The van der Waals surface area contributed by atoms with Crippen LogP contribution in [0.5, 0.6) is 17.2 Å². The molecule has 12 nitrogen and oxygen atoms in total. The Bertz CT molecular complexity index is 1550. The van der Waals surface area contributed by atoms with Crippen molar-refractivity contribution in [2.24, 2.45) is 0 Å². The first-order valence-corrected chi connectivity index (χ1v) is 12.5. The Morgan fingerprint density at radius 1 is 0.780 bits per heavy atom. The molecule has 0 radical (unpaired) electrons. The van der Waals surface area contributed by atoms with Gasteiger partial charge in [-0.05, 0) is 18.9 Å². The topological polar surface area (TPSA) is 166 Å². The fourth-order valence-electron chi connectivity index (χ4n) is 5.24. The third kappa shape index (κ3) is 5.20. The van der Waals surface area contributed by atoms with E-state index in [2.05, 4.69) is 0 Å². The summed E-state index contributed by atoms with van der Waals surface area (Å²) in [6, 6.07) is 4.40. The lowest BCUT2D eigenvalue weighted by Gasteiger charge is -2.38. The van der Waals surface area contributed by atoms with Gasteiger partial charge in [0.2, 0.25) is 11.6 Å². The second kappa shape index (κ2) is 11.0. The lowest BCUT2D eigenvalue weighted by molar-refractivity contribution is -0.170. The number of ether oxygens (including phenoxy) is 5. The number of benzene rings is 2. The van der Waals surface area contributed by atoms with Crippen molar-refractivity contribution in [3.8, 4) is 17.2 Å². The molecule has 214 valence electrons. The molecule has 2 aromatic rings. The largest absolute Gasteiger partial charge is 0.496 e. The first kappa shape index (κ1) is 29.1. The molecule has 2 aromatic carbocycles. The molecule has 2 aliphatic carbocycles. The lowest BCUT2D eigenvalue weighted by Crippen LogP contribution is -2.50. The summed E-state index contributed by atoms with van der Waals surface area (Å²) in [5.74, 6) is -5.85. The van der Waals surface area contributed by atoms with Crippen LogP contribution < -0.4 is 14.2 Å². The maximum absolute atomic E-state index is 14.0. The highest BCUT2D eigenvalue weighted by molar-refractivity contribution is 6.31. The molecule has 0 unspecified atom stereocenters. The minimum atomic E-state index is -1.88. The monoisotopic (exact) mass is 566 g/mol. The van der Waals surface area contributed by atoms with Crippen molar-refractivity contribution in [2.45, 2.75) is 52.6 Å². The first-order chi connectivity index (χ1) is 19.3. The number of esters is 4. The molecular formula is C29H26O12. The third-order valence-electron chi connectivity index (χ3n) is 6.78. The fraction of sp³-hybridized carbons (Fsp3) is 0.345. The molecule has 0 aliphatic heterocycles. The zero-order valence-corrected chi connectivity index (χ0v) is 23.0. The molecule has 0 fully saturated rings. The molecule has 0 saturated heterocycles. The molecule has 1 atom stereocenters. The molecule has 0 heterocycles. The van der Waals surface area contributed by atoms with Crippen LogP contribution in [0.1, 0.15) is 77.1 Å². The molecule has 0 N–H and O–H groups in total. The summed E-state index contributed by atoms with van der Waals surface area (Å²) in [4.78, 5) is 89.3. The number of rotatable bonds is 7. The number of fused-ring (bicyclic) bond motifs is 3. The number of carbonyl (C=O) groups is 7. The van der Waals surface area contributed by atoms with E-state index in [1.165, 1.54) is 25.3 Å². The van der Waals surface area contributed by atoms with Crippen LogP contribution in [0.3, 0.4) is 0 Å². The van der Waals surface area contributed by atoms with Crippen molar-refractivity contribution in [3.05, 3.63) is 51.6 Å². The van der Waals surface area contributed by atoms with Gasteiger partial charge in [0.25, 0.3) is 0 Å². The van der Waals surface area contributed by atoms with Crippen molar-refractivity contribution in [1.29, 1.82) is 0 Å². The average molecular weight is 567 g/mol. The van der Waals surface area contributed by atoms with E-state index in [1.54, 1.807) is 0 Å². The van der Waals surface area contributed by atoms with E-state index in [4.69, 9.17) is 23.7 Å². The van der Waals surface area contributed by atoms with E-state index in [1.807, 2.05) is 0 Å². The highest BCUT2D eigenvalue weighted by atomic mass is 16.6. The first-order valence-electron chi connectivity index (χ1n) is 12.5. The van der Waals surface area contributed by atoms with E-state index in [0.29, 0.717) is 0 Å². The summed E-state index contributed by atoms with van der Waals surface area (Å²) in [5, 5.41) is 0. The smallest absolute Gasteiger partial charge is 0.308 e. The Hall–Kier alpha value is -4.87. The van der Waals surface area contributed by atoms with E-state index in [-0.39, 0.29) is 63.5 Å². The van der Waals surface area contributed by atoms with Crippen LogP contribution in [0.2, 0.25) is 0 Å². The number of carbonyl (C=O) groups excluding carboxylic acids is 7. The maximum Gasteiger partial charge on any atom is 0.308 e. The molecule has 0 amide bonds. The van der Waals surface area contributed by atoms with Gasteiger partial charge in [-0.3, -0.25) is 33.6 Å². The van der Waals surface area contributed by atoms with E-state index in [9.17, 15) is 33.6 Å². The Labute approximate surface area is 233 Å². The predicted molar refractivity (Wildman–Crippen MR) is 137 cm³/mol. The van der Waals surface area contributed by atoms with Crippen LogP contribution in [0.4, 0.5) is 0 Å². The van der Waals surface area contributed by atoms with Gasteiger partial charge in [0, 0.05) is 50.8 Å². The van der Waals surface area contributed by atoms with Crippen molar-refractivity contribution in [2.75, 3.05) is 13.7 Å². The highest BCUT2D eigenvalue weighted by Gasteiger charge is 2.49. The minimum absolute atomic E-state index is 0.0445. The van der Waals surface area contributed by atoms with Crippen molar-refractivity contribution in [1.82, 2.24) is 0 Å². The van der Waals surface area contributed by atoms with Crippen LogP contribution in [0, 0.1) is 0 Å². The van der Waals surface area contributed by atoms with E-state index in [0.717, 1.165) is 27.7 Å². The van der Waals surface area contributed by atoms with Gasteiger partial charge >= 0.3 is 23.9 Å². The number of Topliss-reactive ketones (excluding diaryl/α,β-unsaturated/α-hetero) is 1. The van der Waals surface area contributed by atoms with Crippen molar-refractivity contribution < 1.29 is 57.2 Å². The second-order valence-corrected chi connectivity index (χ2v) is 9.56. The van der Waals surface area contributed by atoms with Crippen LogP contribution >= 0.6 is 0 Å². The van der Waals surface area contributed by atoms with Crippen LogP contribution in [-0.4, -0.2) is 60.5 Å². The zero-order valence-electron chi connectivity index (χ0n) is 23.0. The fourth-order valence-corrected chi connectivity index (χ4v) is 5.24. The highest BCUT2D eigenvalue weighted by Crippen LogP contribution is 2.50. The van der Waals surface area contributed by atoms with Gasteiger partial charge < -0.3 is 23.7 Å². The van der Waals surface area contributed by atoms with Crippen molar-refractivity contribution >= 4 is 41.2 Å². The zero-order chi connectivity index (χ0) is 30.2. The number of hydrogen-bond acceptors (Lipinski definition) is 12. The van der Waals surface area contributed by atoms with Gasteiger partial charge in [-0.2, -0.15) is 0 Å². The van der Waals surface area contributed by atoms with Crippen LogP contribution in [-0.2, 0) is 46.3 Å². The Morgan fingerprint density at radius 2 is 1.39 bits per heavy atom. The second-order valence-electron chi connectivity index (χ2n) is 9.56. The van der Waals surface area contributed by atoms with Gasteiger partial charge in [0.05, 0.1) is 23.8 Å². The Morgan fingerprint density at radius 3 is 1.95 bits per heavy atom. The lowest BCUT2D eigenvalue weighted by atomic mass is 9.72. The summed E-state index contributed by atoms with van der Waals surface area (Å²) in [5.41, 5.74) is -2.39. The summed E-state index contributed by atoms with van der Waals surface area (Å²) in [6.07, 6.45) is -0.703. The average Bonchev–Trinajstić information content (AvgIpc) is 2.89. The summed E-state index contributed by atoms with van der Waals surface area (Å²) >= 11 is 0. The molecule has 2 aliphatic rings. The predicted octanol–water partition coefficient (Wildman–Crippen LogP) is 2.24. The number of methoxy groups -OCH3 is 1. The summed E-state index contributed by atoms with van der Waals surface area (Å²) in [6.45, 7) is 3.67. The normalized spacial score (nSPS) is 16.9. The van der Waals surface area contributed by atoms with Crippen molar-refractivity contribution in [3.63, 3.8) is 0 Å². The Kier molecular flexibility index (Phi) is 7.78. The number of ketones is 3. The number of hydrogen-bond donors (Lipinski definition) is 0. The summed E-state index contributed by atoms with van der Waals surface area (Å²) < 4.78 is 26.7. The van der Waals surface area contributed by atoms with Gasteiger partial charge in [0.1, 0.15) is 17.2 Å². The molecular weight excluding hydrogens is 540 g/mol. The minimum Gasteiger partial charge on any atom is -0.496 e. The van der Waals surface area contributed by atoms with E-state index < -0.39 is 59.9 Å². The van der Waals surface area contributed by atoms with Gasteiger partial charge in [-0.15, -0.1) is 0 Å². The van der Waals surface area contributed by atoms with Gasteiger partial charge in [0.15, 0.2) is 18.0 Å². The maximum atomic E-state index is 14.0. The quantitative estimate of drug-likeness (QED) is 0.303. The van der Waals surface area contributed by atoms with Crippen LogP contribution in [0.25, 0.3) is 0 Å². The summed E-state index contributed by atoms with van der Waals surface area (Å²) in [7, 11) is 1.33. The SMILES string of the molecule is COc1cccc2c1C(=O)c1c(OC(C)=O)c3c(c(OC(C)=O)c1C2=O)C[C@@](OC(C)=O)(C(=O)COC(C)=O)CC3. The van der Waals surface area contributed by atoms with E-state index >= 15 is 0 Å². The van der Waals surface area contributed by atoms with Crippen LogP contribution in [0.15, 0.2) is 18.2 Å². The molecule has 4 rings (SSSR count). The molecule has 12 heteroatoms. The third-order valence-corrected chi connectivity index (χ3v) is 6.78. The van der Waals surface area contributed by atoms with Gasteiger partial charge in [-0.1, -0.05) is 12.1 Å². The Balaban J connectivity index is 2.05. The standard InChI is InChI=1S/C29H26O12/c1-13(30)38-12-21(34)29(41-16(4)33)10-9-17-19(11-29)28(40-15(3)32)23-24(27(17)39-14(2)31)26(36)22-18(25(23)35)7-6-8-20(22)37-5/h6-8H,9-12H2,1-5H3/t29-/m1/s1. The molecule has 0 spiro atoms. The molecule has 0 saturated carbocycles. The molecule has 0 bridgehead atoms. The molecule has 0 aromatic heterocycles. The van der Waals surface area contributed by atoms with Gasteiger partial charge in [-0.25, -0.2) is 0 Å².